The topological polar surface area (TPSA) is 12.0 Å². The maximum atomic E-state index is 13.8. The molecule has 0 fully saturated rings. The zero-order chi connectivity index (χ0) is 16.4. The molecular weight excluding hydrogens is 325 g/mol. The second kappa shape index (κ2) is 6.12. The van der Waals surface area contributed by atoms with Crippen LogP contribution >= 0.6 is 11.6 Å². The fourth-order valence-electron chi connectivity index (χ4n) is 1.90. The number of rotatable bonds is 4. The molecule has 0 aliphatic carbocycles. The number of benzene rings is 2. The van der Waals surface area contributed by atoms with Crippen LogP contribution in [0.15, 0.2) is 54.6 Å². The summed E-state index contributed by atoms with van der Waals surface area (Å²) in [5.74, 6) is -4.95. The van der Waals surface area contributed by atoms with Crippen LogP contribution in [0.5, 0.6) is 0 Å². The molecule has 0 spiro atoms. The summed E-state index contributed by atoms with van der Waals surface area (Å²) in [6, 6.07) is 10.1. The van der Waals surface area contributed by atoms with Crippen LogP contribution < -0.4 is 5.32 Å². The van der Waals surface area contributed by atoms with Gasteiger partial charge < -0.3 is 5.32 Å². The van der Waals surface area contributed by atoms with E-state index in [0.717, 1.165) is 12.1 Å². The molecule has 0 aliphatic heterocycles. The minimum Gasteiger partial charge on any atom is -0.373 e. The number of para-hydroxylation sites is 1. The first-order valence-electron chi connectivity index (χ1n) is 6.23. The van der Waals surface area contributed by atoms with E-state index < -0.39 is 18.1 Å². The Morgan fingerprint density at radius 3 is 1.86 bits per heavy atom. The summed E-state index contributed by atoms with van der Waals surface area (Å²) in [5, 5.41) is 2.50. The van der Waals surface area contributed by atoms with Crippen molar-refractivity contribution in [3.63, 3.8) is 0 Å². The minimum atomic E-state index is -5.68. The Hall–Kier alpha value is -1.82. The van der Waals surface area contributed by atoms with Gasteiger partial charge in [-0.15, -0.1) is 0 Å². The van der Waals surface area contributed by atoms with Crippen LogP contribution in [-0.4, -0.2) is 12.1 Å². The molecule has 0 aliphatic rings. The lowest BCUT2D eigenvalue weighted by Crippen LogP contribution is -2.45. The first-order chi connectivity index (χ1) is 10.2. The maximum Gasteiger partial charge on any atom is 0.455 e. The number of nitrogens with one attached hydrogen (secondary N) is 1. The van der Waals surface area contributed by atoms with E-state index in [1.54, 1.807) is 6.07 Å². The van der Waals surface area contributed by atoms with E-state index in [-0.39, 0.29) is 16.3 Å². The summed E-state index contributed by atoms with van der Waals surface area (Å²) in [4.78, 5) is 0. The molecule has 2 rings (SSSR count). The number of hydrogen-bond acceptors (Lipinski definition) is 1. The average molecular weight is 336 g/mol. The third kappa shape index (κ3) is 3.50. The van der Waals surface area contributed by atoms with Gasteiger partial charge in [-0.05, 0) is 29.8 Å². The van der Waals surface area contributed by atoms with Crippen LogP contribution in [0.1, 0.15) is 11.6 Å². The molecule has 0 aromatic heterocycles. The van der Waals surface area contributed by atoms with Crippen molar-refractivity contribution in [1.29, 1.82) is 0 Å². The van der Waals surface area contributed by atoms with Crippen molar-refractivity contribution in [3.05, 3.63) is 65.2 Å². The number of alkyl halides is 5. The quantitative estimate of drug-likeness (QED) is 0.708. The molecule has 0 radical (unpaired) electrons. The van der Waals surface area contributed by atoms with Crippen molar-refractivity contribution in [2.75, 3.05) is 5.32 Å². The van der Waals surface area contributed by atoms with Crippen molar-refractivity contribution in [3.8, 4) is 0 Å². The molecule has 0 saturated carbocycles. The highest BCUT2D eigenvalue weighted by atomic mass is 35.5. The van der Waals surface area contributed by atoms with Gasteiger partial charge in [0.05, 0.1) is 0 Å². The monoisotopic (exact) mass is 335 g/mol. The van der Waals surface area contributed by atoms with E-state index in [1.807, 2.05) is 0 Å². The lowest BCUT2D eigenvalue weighted by molar-refractivity contribution is -0.288. The molecule has 22 heavy (non-hydrogen) atoms. The van der Waals surface area contributed by atoms with Crippen LogP contribution in [0.3, 0.4) is 0 Å². The third-order valence-electron chi connectivity index (χ3n) is 3.03. The van der Waals surface area contributed by atoms with E-state index in [9.17, 15) is 22.0 Å². The van der Waals surface area contributed by atoms with E-state index >= 15 is 0 Å². The Kier molecular flexibility index (Phi) is 4.60. The van der Waals surface area contributed by atoms with Crippen LogP contribution in [0, 0.1) is 0 Å². The molecule has 1 nitrogen and oxygen atoms in total. The first kappa shape index (κ1) is 16.5. The van der Waals surface area contributed by atoms with Gasteiger partial charge in [0.2, 0.25) is 0 Å². The standard InChI is InChI=1S/C15H11ClF5N/c16-11-8-6-10(7-9-11)13(14(17,18)15(19,20)21)22-12-4-2-1-3-5-12/h1-9,13,22H. The van der Waals surface area contributed by atoms with Gasteiger partial charge in [0.15, 0.2) is 0 Å². The Labute approximate surface area is 128 Å². The van der Waals surface area contributed by atoms with Crippen LogP contribution in [0.25, 0.3) is 0 Å². The van der Waals surface area contributed by atoms with Crippen LogP contribution in [-0.2, 0) is 0 Å². The second-order valence-electron chi connectivity index (χ2n) is 4.62. The van der Waals surface area contributed by atoms with Gasteiger partial charge in [-0.1, -0.05) is 41.9 Å². The molecule has 0 heterocycles. The lowest BCUT2D eigenvalue weighted by atomic mass is 9.99. The fraction of sp³-hybridized carbons (Fsp3) is 0.200. The van der Waals surface area contributed by atoms with Crippen molar-refractivity contribution >= 4 is 17.3 Å². The van der Waals surface area contributed by atoms with Crippen LogP contribution in [0.4, 0.5) is 27.6 Å². The van der Waals surface area contributed by atoms with Gasteiger partial charge in [0, 0.05) is 10.7 Å². The molecule has 7 heteroatoms. The predicted molar refractivity (Wildman–Crippen MR) is 75.3 cm³/mol. The lowest BCUT2D eigenvalue weighted by Gasteiger charge is -2.30. The number of anilines is 1. The largest absolute Gasteiger partial charge is 0.455 e. The molecule has 1 unspecified atom stereocenters. The van der Waals surface area contributed by atoms with Crippen molar-refractivity contribution in [2.45, 2.75) is 18.1 Å². The Bertz CT molecular complexity index is 610. The van der Waals surface area contributed by atoms with E-state index in [2.05, 4.69) is 5.32 Å². The first-order valence-corrected chi connectivity index (χ1v) is 6.61. The maximum absolute atomic E-state index is 13.8. The van der Waals surface area contributed by atoms with E-state index in [0.29, 0.717) is 0 Å². The molecule has 1 atom stereocenters. The highest BCUT2D eigenvalue weighted by Gasteiger charge is 2.62. The summed E-state index contributed by atoms with van der Waals surface area (Å²) in [6.45, 7) is 0. The molecule has 0 saturated heterocycles. The number of halogens is 6. The van der Waals surface area contributed by atoms with Crippen LogP contribution in [0.2, 0.25) is 5.02 Å². The minimum absolute atomic E-state index is 0.159. The third-order valence-corrected chi connectivity index (χ3v) is 3.28. The molecule has 118 valence electrons. The molecule has 0 bridgehead atoms. The van der Waals surface area contributed by atoms with Gasteiger partial charge in [0.25, 0.3) is 0 Å². The summed E-state index contributed by atoms with van der Waals surface area (Å²) in [5.41, 5.74) is -0.0537. The van der Waals surface area contributed by atoms with Gasteiger partial charge in [-0.3, -0.25) is 0 Å². The second-order valence-corrected chi connectivity index (χ2v) is 5.05. The highest BCUT2D eigenvalue weighted by Crippen LogP contribution is 2.46. The predicted octanol–water partition coefficient (Wildman–Crippen LogP) is 5.69. The molecule has 1 N–H and O–H groups in total. The Morgan fingerprint density at radius 2 is 1.36 bits per heavy atom. The summed E-state index contributed by atoms with van der Waals surface area (Å²) >= 11 is 5.65. The van der Waals surface area contributed by atoms with E-state index in [4.69, 9.17) is 11.6 Å². The Morgan fingerprint density at radius 1 is 0.818 bits per heavy atom. The van der Waals surface area contributed by atoms with E-state index in [1.165, 1.54) is 36.4 Å². The zero-order valence-corrected chi connectivity index (χ0v) is 11.8. The van der Waals surface area contributed by atoms with Crippen molar-refractivity contribution in [2.24, 2.45) is 0 Å². The van der Waals surface area contributed by atoms with Gasteiger partial charge >= 0.3 is 12.1 Å². The SMILES string of the molecule is FC(F)(F)C(F)(F)C(Nc1ccccc1)c1ccc(Cl)cc1. The smallest absolute Gasteiger partial charge is 0.373 e. The molecule has 0 amide bonds. The van der Waals surface area contributed by atoms with Gasteiger partial charge in [0.1, 0.15) is 6.04 Å². The normalized spacial score (nSPS) is 13.7. The average Bonchev–Trinajstić information content (AvgIpc) is 2.46. The van der Waals surface area contributed by atoms with Crippen molar-refractivity contribution in [1.82, 2.24) is 0 Å². The summed E-state index contributed by atoms with van der Waals surface area (Å²) in [6.07, 6.45) is -5.68. The fourth-order valence-corrected chi connectivity index (χ4v) is 2.03. The zero-order valence-electron chi connectivity index (χ0n) is 11.0. The Balaban J connectivity index is 2.43. The number of hydrogen-bond donors (Lipinski definition) is 1. The van der Waals surface area contributed by atoms with Gasteiger partial charge in [-0.2, -0.15) is 22.0 Å². The highest BCUT2D eigenvalue weighted by molar-refractivity contribution is 6.30. The summed E-state index contributed by atoms with van der Waals surface area (Å²) in [7, 11) is 0. The van der Waals surface area contributed by atoms with Gasteiger partial charge in [-0.25, -0.2) is 0 Å². The van der Waals surface area contributed by atoms with Crippen molar-refractivity contribution < 1.29 is 22.0 Å². The molecular formula is C15H11ClF5N. The summed E-state index contributed by atoms with van der Waals surface area (Å²) < 4.78 is 65.9. The molecule has 2 aromatic carbocycles. The molecule has 2 aromatic rings.